The lowest BCUT2D eigenvalue weighted by Crippen LogP contribution is -2.61. The van der Waals surface area contributed by atoms with E-state index in [1.165, 1.54) is 135 Å². The first-order valence-electron chi connectivity index (χ1n) is 28.9. The molecule has 2 aliphatic rings. The fourth-order valence-electron chi connectivity index (χ4n) is 9.16. The third kappa shape index (κ3) is 31.1. The zero-order chi connectivity index (χ0) is 52.4. The van der Waals surface area contributed by atoms with Crippen molar-refractivity contribution in [3.05, 3.63) is 24.3 Å². The first kappa shape index (κ1) is 66.1. The van der Waals surface area contributed by atoms with Gasteiger partial charge in [0.05, 0.1) is 19.8 Å². The van der Waals surface area contributed by atoms with Crippen molar-refractivity contribution in [2.24, 2.45) is 0 Å². The van der Waals surface area contributed by atoms with Crippen molar-refractivity contribution >= 4 is 11.9 Å². The standard InChI is InChI=1S/C57H104O15/c1-3-5-7-9-11-13-15-17-18-19-20-21-22-23-24-25-26-28-30-32-34-36-38-40-49(60)70-45(42-67-48(59)39-37-35-33-31-29-27-16-14-12-10-8-6-4-2)43-68-56-55(66)53(64)51(62)47(72-56)44-69-57-54(65)52(63)50(61)46(41-58)71-57/h14,16,32,34,45-47,50-58,61-66H,3-13,15,17-31,33,35-44H2,1-2H3/b16-14+,34-32+/t45-,46+,47+,50-,51-,52?,53?,54?,55?,56+,57+/m1/s1. The Labute approximate surface area is 434 Å². The molecular formula is C57H104O15. The summed E-state index contributed by atoms with van der Waals surface area (Å²) in [6.45, 7) is 2.57. The molecule has 2 aliphatic heterocycles. The van der Waals surface area contributed by atoms with Crippen molar-refractivity contribution in [3.63, 3.8) is 0 Å². The minimum absolute atomic E-state index is 0.119. The van der Waals surface area contributed by atoms with Gasteiger partial charge >= 0.3 is 11.9 Å². The maximum atomic E-state index is 13.0. The highest BCUT2D eigenvalue weighted by Crippen LogP contribution is 2.27. The lowest BCUT2D eigenvalue weighted by Gasteiger charge is -2.42. The van der Waals surface area contributed by atoms with E-state index in [0.29, 0.717) is 19.3 Å². The second-order valence-electron chi connectivity index (χ2n) is 20.5. The Morgan fingerprint density at radius 2 is 0.806 bits per heavy atom. The van der Waals surface area contributed by atoms with Crippen LogP contribution in [0.2, 0.25) is 0 Å². The highest BCUT2D eigenvalue weighted by Gasteiger charge is 2.47. The largest absolute Gasteiger partial charge is 0.462 e. The van der Waals surface area contributed by atoms with E-state index in [1.807, 2.05) is 0 Å². The van der Waals surface area contributed by atoms with Gasteiger partial charge in [0, 0.05) is 12.8 Å². The van der Waals surface area contributed by atoms with Gasteiger partial charge in [0.1, 0.15) is 55.4 Å². The lowest BCUT2D eigenvalue weighted by molar-refractivity contribution is -0.332. The van der Waals surface area contributed by atoms with Crippen molar-refractivity contribution < 1.29 is 73.8 Å². The van der Waals surface area contributed by atoms with Crippen molar-refractivity contribution in [3.8, 4) is 0 Å². The van der Waals surface area contributed by atoms with Gasteiger partial charge in [0.15, 0.2) is 18.7 Å². The normalized spacial score (nSPS) is 25.1. The number of ether oxygens (including phenoxy) is 6. The van der Waals surface area contributed by atoms with Crippen molar-refractivity contribution in [1.82, 2.24) is 0 Å². The van der Waals surface area contributed by atoms with E-state index in [1.54, 1.807) is 0 Å². The quantitative estimate of drug-likeness (QED) is 0.0171. The SMILES string of the molecule is CCCCCC/C=C/CCCCCCCC(=O)OC[C@H](CO[C@H]1O[C@@H](CO[C@H]2O[C@@H](CO)[C@@H](O)C(O)C2O)[C@@H](O)C(O)C1O)OC(=O)CCC/C=C/CCCCCCCCCCCCCCCCCCCC. The lowest BCUT2D eigenvalue weighted by atomic mass is 9.98. The molecule has 0 bridgehead atoms. The first-order valence-corrected chi connectivity index (χ1v) is 28.9. The molecular weight excluding hydrogens is 925 g/mol. The van der Waals surface area contributed by atoms with Gasteiger partial charge in [0.25, 0.3) is 0 Å². The van der Waals surface area contributed by atoms with Crippen LogP contribution in [0.1, 0.15) is 232 Å². The number of unbranched alkanes of at least 4 members (excludes halogenated alkanes) is 28. The molecule has 2 saturated heterocycles. The van der Waals surface area contributed by atoms with Crippen LogP contribution < -0.4 is 0 Å². The Hall–Kier alpha value is -2.02. The molecule has 0 spiro atoms. The van der Waals surface area contributed by atoms with Crippen molar-refractivity contribution in [2.45, 2.75) is 300 Å². The summed E-state index contributed by atoms with van der Waals surface area (Å²) >= 11 is 0. The molecule has 4 unspecified atom stereocenters. The average Bonchev–Trinajstić information content (AvgIpc) is 3.37. The van der Waals surface area contributed by atoms with Gasteiger partial charge in [-0.1, -0.05) is 186 Å². The zero-order valence-corrected chi connectivity index (χ0v) is 44.9. The summed E-state index contributed by atoms with van der Waals surface area (Å²) in [5, 5.41) is 72.2. The second-order valence-corrected chi connectivity index (χ2v) is 20.5. The molecule has 2 heterocycles. The molecule has 2 fully saturated rings. The number of allylic oxidation sites excluding steroid dienone is 4. The summed E-state index contributed by atoms with van der Waals surface area (Å²) in [5.41, 5.74) is 0. The van der Waals surface area contributed by atoms with Crippen LogP contribution in [0.5, 0.6) is 0 Å². The van der Waals surface area contributed by atoms with Gasteiger partial charge in [0.2, 0.25) is 0 Å². The fourth-order valence-corrected chi connectivity index (χ4v) is 9.16. The summed E-state index contributed by atoms with van der Waals surface area (Å²) in [6, 6.07) is 0. The number of esters is 2. The number of aliphatic hydroxyl groups excluding tert-OH is 7. The Bertz CT molecular complexity index is 1350. The van der Waals surface area contributed by atoms with E-state index in [2.05, 4.69) is 38.2 Å². The average molecular weight is 1030 g/mol. The van der Waals surface area contributed by atoms with Crippen LogP contribution in [0.4, 0.5) is 0 Å². The third-order valence-electron chi connectivity index (χ3n) is 13.9. The topological polar surface area (TPSA) is 231 Å². The molecule has 7 N–H and O–H groups in total. The Morgan fingerprint density at radius 1 is 0.431 bits per heavy atom. The van der Waals surface area contributed by atoms with Crippen molar-refractivity contribution in [1.29, 1.82) is 0 Å². The summed E-state index contributed by atoms with van der Waals surface area (Å²) in [4.78, 5) is 25.8. The molecule has 15 nitrogen and oxygen atoms in total. The van der Waals surface area contributed by atoms with Gasteiger partial charge in [-0.15, -0.1) is 0 Å². The number of rotatable bonds is 46. The Kier molecular flexibility index (Phi) is 40.5. The molecule has 0 aliphatic carbocycles. The van der Waals surface area contributed by atoms with E-state index < -0.39 is 99.3 Å². The van der Waals surface area contributed by atoms with Crippen LogP contribution in [0.25, 0.3) is 0 Å². The second kappa shape index (κ2) is 44.1. The Morgan fingerprint density at radius 3 is 1.28 bits per heavy atom. The number of carbonyl (C=O) groups is 2. The number of hydrogen-bond donors (Lipinski definition) is 7. The minimum atomic E-state index is -1.77. The van der Waals surface area contributed by atoms with Crippen LogP contribution in [-0.4, -0.2) is 142 Å². The van der Waals surface area contributed by atoms with E-state index in [4.69, 9.17) is 28.4 Å². The summed E-state index contributed by atoms with van der Waals surface area (Å²) < 4.78 is 33.6. The molecule has 0 aromatic heterocycles. The molecule has 0 aromatic rings. The van der Waals surface area contributed by atoms with Crippen LogP contribution in [0, 0.1) is 0 Å². The molecule has 0 amide bonds. The molecule has 11 atom stereocenters. The maximum Gasteiger partial charge on any atom is 0.306 e. The van der Waals surface area contributed by atoms with Gasteiger partial charge in [-0.3, -0.25) is 9.59 Å². The molecule has 0 aromatic carbocycles. The van der Waals surface area contributed by atoms with E-state index in [-0.39, 0.29) is 19.4 Å². The number of hydrogen-bond acceptors (Lipinski definition) is 15. The highest BCUT2D eigenvalue weighted by molar-refractivity contribution is 5.70. The van der Waals surface area contributed by atoms with E-state index >= 15 is 0 Å². The minimum Gasteiger partial charge on any atom is -0.462 e. The predicted octanol–water partition coefficient (Wildman–Crippen LogP) is 9.50. The fraction of sp³-hybridized carbons (Fsp3) is 0.895. The molecule has 0 radical (unpaired) electrons. The molecule has 72 heavy (non-hydrogen) atoms. The first-order chi connectivity index (χ1) is 35.0. The highest BCUT2D eigenvalue weighted by atomic mass is 16.7. The van der Waals surface area contributed by atoms with Crippen molar-refractivity contribution in [2.75, 3.05) is 26.4 Å². The molecule has 422 valence electrons. The zero-order valence-electron chi connectivity index (χ0n) is 44.9. The van der Waals surface area contributed by atoms with E-state index in [9.17, 15) is 45.3 Å². The van der Waals surface area contributed by atoms with E-state index in [0.717, 1.165) is 51.4 Å². The predicted molar refractivity (Wildman–Crippen MR) is 280 cm³/mol. The number of aliphatic hydroxyl groups is 7. The van der Waals surface area contributed by atoms with Gasteiger partial charge in [-0.2, -0.15) is 0 Å². The monoisotopic (exact) mass is 1030 g/mol. The van der Waals surface area contributed by atoms with Gasteiger partial charge in [-0.05, 0) is 57.8 Å². The maximum absolute atomic E-state index is 13.0. The van der Waals surface area contributed by atoms with Gasteiger partial charge < -0.3 is 64.2 Å². The van der Waals surface area contributed by atoms with Crippen LogP contribution in [-0.2, 0) is 38.0 Å². The van der Waals surface area contributed by atoms with Crippen LogP contribution in [0.3, 0.4) is 0 Å². The summed E-state index contributed by atoms with van der Waals surface area (Å²) in [5.74, 6) is -0.964. The third-order valence-corrected chi connectivity index (χ3v) is 13.9. The molecule has 2 rings (SSSR count). The van der Waals surface area contributed by atoms with Gasteiger partial charge in [-0.25, -0.2) is 0 Å². The van der Waals surface area contributed by atoms with Crippen LogP contribution >= 0.6 is 0 Å². The summed E-state index contributed by atoms with van der Waals surface area (Å²) in [6.07, 6.45) is 30.8. The smallest absolute Gasteiger partial charge is 0.306 e. The molecule has 0 saturated carbocycles. The molecule has 15 heteroatoms. The number of carbonyl (C=O) groups excluding carboxylic acids is 2. The Balaban J connectivity index is 1.74. The van der Waals surface area contributed by atoms with Crippen LogP contribution in [0.15, 0.2) is 24.3 Å². The summed E-state index contributed by atoms with van der Waals surface area (Å²) in [7, 11) is 0.